The lowest BCUT2D eigenvalue weighted by molar-refractivity contribution is -0.384. The molecule has 1 aliphatic heterocycles. The minimum atomic E-state index is -0.357. The molecular formula is C21H25N3O4. The van der Waals surface area contributed by atoms with Gasteiger partial charge in [0.05, 0.1) is 11.5 Å². The van der Waals surface area contributed by atoms with Crippen LogP contribution in [-0.4, -0.2) is 48.5 Å². The summed E-state index contributed by atoms with van der Waals surface area (Å²) >= 11 is 0. The maximum atomic E-state index is 12.5. The number of piperazine rings is 1. The zero-order valence-electron chi connectivity index (χ0n) is 16.0. The van der Waals surface area contributed by atoms with Crippen molar-refractivity contribution in [2.45, 2.75) is 19.8 Å². The fourth-order valence-corrected chi connectivity index (χ4v) is 3.41. The molecule has 0 bridgehead atoms. The van der Waals surface area contributed by atoms with Gasteiger partial charge < -0.3 is 14.5 Å². The van der Waals surface area contributed by atoms with Crippen molar-refractivity contribution in [1.82, 2.24) is 4.90 Å². The molecule has 7 nitrogen and oxygen atoms in total. The topological polar surface area (TPSA) is 75.9 Å². The summed E-state index contributed by atoms with van der Waals surface area (Å²) in [6.07, 6.45) is 1.15. The second-order valence-corrected chi connectivity index (χ2v) is 6.69. The van der Waals surface area contributed by atoms with Crippen LogP contribution >= 0.6 is 0 Å². The van der Waals surface area contributed by atoms with Crippen LogP contribution in [0.1, 0.15) is 18.9 Å². The van der Waals surface area contributed by atoms with Crippen molar-refractivity contribution in [3.63, 3.8) is 0 Å². The van der Waals surface area contributed by atoms with Gasteiger partial charge >= 0.3 is 0 Å². The molecule has 0 N–H and O–H groups in total. The second-order valence-electron chi connectivity index (χ2n) is 6.69. The lowest BCUT2D eigenvalue weighted by atomic mass is 10.1. The first-order valence-corrected chi connectivity index (χ1v) is 9.56. The summed E-state index contributed by atoms with van der Waals surface area (Å²) in [5, 5.41) is 11.2. The highest BCUT2D eigenvalue weighted by Crippen LogP contribution is 2.28. The van der Waals surface area contributed by atoms with Crippen LogP contribution < -0.4 is 9.64 Å². The second kappa shape index (κ2) is 9.21. The quantitative estimate of drug-likeness (QED) is 0.542. The molecule has 148 valence electrons. The third-order valence-electron chi connectivity index (χ3n) is 4.91. The van der Waals surface area contributed by atoms with Gasteiger partial charge in [0.15, 0.2) is 0 Å². The third-order valence-corrected chi connectivity index (χ3v) is 4.91. The number of ether oxygens (including phenoxy) is 1. The number of carbonyl (C=O) groups excluding carboxylic acids is 1. The van der Waals surface area contributed by atoms with E-state index in [0.717, 1.165) is 11.3 Å². The average molecular weight is 383 g/mol. The van der Waals surface area contributed by atoms with Gasteiger partial charge in [-0.3, -0.25) is 14.9 Å². The van der Waals surface area contributed by atoms with E-state index in [1.54, 1.807) is 18.2 Å². The summed E-state index contributed by atoms with van der Waals surface area (Å²) < 4.78 is 5.43. The van der Waals surface area contributed by atoms with Gasteiger partial charge in [0.1, 0.15) is 11.4 Å². The van der Waals surface area contributed by atoms with Crippen molar-refractivity contribution >= 4 is 17.3 Å². The Hall–Kier alpha value is -3.09. The van der Waals surface area contributed by atoms with Crippen LogP contribution in [0.5, 0.6) is 5.75 Å². The molecule has 1 amide bonds. The summed E-state index contributed by atoms with van der Waals surface area (Å²) in [5.74, 6) is 0.958. The Kier molecular flexibility index (Phi) is 6.47. The van der Waals surface area contributed by atoms with Crippen molar-refractivity contribution in [2.24, 2.45) is 0 Å². The van der Waals surface area contributed by atoms with E-state index < -0.39 is 0 Å². The van der Waals surface area contributed by atoms with Gasteiger partial charge in [-0.1, -0.05) is 24.3 Å². The number of benzene rings is 2. The van der Waals surface area contributed by atoms with E-state index in [0.29, 0.717) is 51.3 Å². The number of nitro benzene ring substituents is 1. The Bertz CT molecular complexity index is 815. The number of anilines is 1. The van der Waals surface area contributed by atoms with E-state index in [1.807, 2.05) is 41.0 Å². The van der Waals surface area contributed by atoms with E-state index in [-0.39, 0.29) is 16.5 Å². The van der Waals surface area contributed by atoms with Crippen LogP contribution in [-0.2, 0) is 11.2 Å². The number of carbonyl (C=O) groups is 1. The normalized spacial score (nSPS) is 14.0. The van der Waals surface area contributed by atoms with Gasteiger partial charge in [0.25, 0.3) is 5.69 Å². The predicted molar refractivity (Wildman–Crippen MR) is 108 cm³/mol. The highest BCUT2D eigenvalue weighted by molar-refractivity contribution is 5.77. The van der Waals surface area contributed by atoms with Crippen molar-refractivity contribution in [1.29, 1.82) is 0 Å². The third kappa shape index (κ3) is 4.79. The highest BCUT2D eigenvalue weighted by atomic mass is 16.6. The van der Waals surface area contributed by atoms with E-state index in [1.165, 1.54) is 6.07 Å². The Labute approximate surface area is 164 Å². The summed E-state index contributed by atoms with van der Waals surface area (Å²) in [6, 6.07) is 14.6. The van der Waals surface area contributed by atoms with Crippen LogP contribution in [0.25, 0.3) is 0 Å². The number of nitrogens with zero attached hydrogens (tertiary/aromatic N) is 3. The molecule has 0 aromatic heterocycles. The molecule has 28 heavy (non-hydrogen) atoms. The molecule has 0 saturated carbocycles. The predicted octanol–water partition coefficient (Wildman–Crippen LogP) is 3.27. The SMILES string of the molecule is CCOc1ccc(CCC(=O)N2CCN(c3ccccc3[N+](=O)[O-])CC2)cc1. The first-order chi connectivity index (χ1) is 13.6. The minimum absolute atomic E-state index is 0.109. The van der Waals surface area contributed by atoms with Gasteiger partial charge in [0, 0.05) is 38.7 Å². The molecular weight excluding hydrogens is 358 g/mol. The van der Waals surface area contributed by atoms with Crippen LogP contribution in [0.15, 0.2) is 48.5 Å². The number of hydrogen-bond acceptors (Lipinski definition) is 5. The number of hydrogen-bond donors (Lipinski definition) is 0. The fraction of sp³-hybridized carbons (Fsp3) is 0.381. The first kappa shape index (κ1) is 19.7. The van der Waals surface area contributed by atoms with Crippen LogP contribution in [0.2, 0.25) is 0 Å². The monoisotopic (exact) mass is 383 g/mol. The lowest BCUT2D eigenvalue weighted by Gasteiger charge is -2.35. The van der Waals surface area contributed by atoms with Crippen LogP contribution in [0, 0.1) is 10.1 Å². The molecule has 2 aromatic carbocycles. The van der Waals surface area contributed by atoms with Gasteiger partial charge in [0.2, 0.25) is 5.91 Å². The molecule has 1 saturated heterocycles. The Morgan fingerprint density at radius 1 is 1.07 bits per heavy atom. The Balaban J connectivity index is 1.51. The standard InChI is InChI=1S/C21H25N3O4/c1-2-28-18-10-7-17(8-11-18)9-12-21(25)23-15-13-22(14-16-23)19-5-3-4-6-20(19)24(26)27/h3-8,10-11H,2,9,12-16H2,1H3. The van der Waals surface area contributed by atoms with E-state index in [2.05, 4.69) is 0 Å². The molecule has 1 aliphatic rings. The van der Waals surface area contributed by atoms with Crippen molar-refractivity contribution in [3.8, 4) is 5.75 Å². The molecule has 2 aromatic rings. The maximum absolute atomic E-state index is 12.5. The van der Waals surface area contributed by atoms with Gasteiger partial charge in [-0.15, -0.1) is 0 Å². The number of aryl methyl sites for hydroxylation is 1. The summed E-state index contributed by atoms with van der Waals surface area (Å²) in [5.41, 5.74) is 1.84. The zero-order chi connectivity index (χ0) is 19.9. The van der Waals surface area contributed by atoms with Gasteiger partial charge in [-0.25, -0.2) is 0 Å². The lowest BCUT2D eigenvalue weighted by Crippen LogP contribution is -2.49. The van der Waals surface area contributed by atoms with Crippen molar-refractivity contribution in [2.75, 3.05) is 37.7 Å². The number of amides is 1. The largest absolute Gasteiger partial charge is 0.494 e. The van der Waals surface area contributed by atoms with E-state index >= 15 is 0 Å². The minimum Gasteiger partial charge on any atom is -0.494 e. The molecule has 3 rings (SSSR count). The molecule has 0 aliphatic carbocycles. The van der Waals surface area contributed by atoms with Crippen LogP contribution in [0.3, 0.4) is 0 Å². The molecule has 0 radical (unpaired) electrons. The molecule has 0 unspecified atom stereocenters. The Morgan fingerprint density at radius 3 is 2.39 bits per heavy atom. The molecule has 0 atom stereocenters. The average Bonchev–Trinajstić information content (AvgIpc) is 2.73. The maximum Gasteiger partial charge on any atom is 0.292 e. The molecule has 0 spiro atoms. The van der Waals surface area contributed by atoms with Crippen molar-refractivity contribution < 1.29 is 14.5 Å². The zero-order valence-corrected chi connectivity index (χ0v) is 16.0. The van der Waals surface area contributed by atoms with E-state index in [4.69, 9.17) is 4.74 Å². The molecule has 1 fully saturated rings. The molecule has 7 heteroatoms. The van der Waals surface area contributed by atoms with E-state index in [9.17, 15) is 14.9 Å². The summed E-state index contributed by atoms with van der Waals surface area (Å²) in [7, 11) is 0. The number of para-hydroxylation sites is 2. The van der Waals surface area contributed by atoms with Gasteiger partial charge in [-0.2, -0.15) is 0 Å². The highest BCUT2D eigenvalue weighted by Gasteiger charge is 2.25. The summed E-state index contributed by atoms with van der Waals surface area (Å²) in [6.45, 7) is 4.93. The van der Waals surface area contributed by atoms with Gasteiger partial charge in [-0.05, 0) is 37.1 Å². The number of nitro groups is 1. The van der Waals surface area contributed by atoms with Crippen molar-refractivity contribution in [3.05, 3.63) is 64.2 Å². The Morgan fingerprint density at radius 2 is 1.75 bits per heavy atom. The van der Waals surface area contributed by atoms with Crippen LogP contribution in [0.4, 0.5) is 11.4 Å². The smallest absolute Gasteiger partial charge is 0.292 e. The fourth-order valence-electron chi connectivity index (χ4n) is 3.41. The first-order valence-electron chi connectivity index (χ1n) is 9.56. The summed E-state index contributed by atoms with van der Waals surface area (Å²) in [4.78, 5) is 27.2. The number of rotatable bonds is 7. The molecule has 1 heterocycles.